The van der Waals surface area contributed by atoms with Crippen LogP contribution in [0.3, 0.4) is 0 Å². The van der Waals surface area contributed by atoms with Crippen LogP contribution in [0.25, 0.3) is 5.76 Å². The summed E-state index contributed by atoms with van der Waals surface area (Å²) in [5, 5.41) is 0. The number of benzene rings is 1. The highest BCUT2D eigenvalue weighted by molar-refractivity contribution is 5.57. The molecule has 0 heterocycles. The Kier molecular flexibility index (Phi) is 4.04. The van der Waals surface area contributed by atoms with Crippen molar-refractivity contribution in [3.05, 3.63) is 42.0 Å². The molecule has 1 rings (SSSR count). The smallest absolute Gasteiger partial charge is 0.313 e. The Morgan fingerprint density at radius 1 is 1.17 bits per heavy atom. The van der Waals surface area contributed by atoms with Gasteiger partial charge in [0, 0.05) is 18.9 Å². The van der Waals surface area contributed by atoms with Gasteiger partial charge in [0.2, 0.25) is 0 Å². The lowest BCUT2D eigenvalue weighted by Crippen LogP contribution is -2.39. The van der Waals surface area contributed by atoms with E-state index < -0.39 is 18.3 Å². The average molecular weight is 262 g/mol. The van der Waals surface area contributed by atoms with Gasteiger partial charge in [-0.1, -0.05) is 30.8 Å². The summed E-state index contributed by atoms with van der Waals surface area (Å²) in [4.78, 5) is 0. The quantitative estimate of drug-likeness (QED) is 0.572. The lowest BCUT2D eigenvalue weighted by Gasteiger charge is -2.23. The molecule has 0 saturated heterocycles. The van der Waals surface area contributed by atoms with E-state index in [2.05, 4.69) is 6.58 Å². The van der Waals surface area contributed by atoms with Crippen molar-refractivity contribution in [1.29, 1.82) is 0 Å². The summed E-state index contributed by atoms with van der Waals surface area (Å²) in [5.41, 5.74) is 0.752. The van der Waals surface area contributed by atoms with E-state index in [0.717, 1.165) is 0 Å². The minimum atomic E-state index is -4.06. The van der Waals surface area contributed by atoms with Crippen molar-refractivity contribution in [3.63, 3.8) is 0 Å². The minimum Gasteiger partial charge on any atom is -0.497 e. The molecule has 0 atom stereocenters. The zero-order chi connectivity index (χ0) is 14.0. The third kappa shape index (κ3) is 3.24. The normalized spacial score (nSPS) is 12.3. The van der Waals surface area contributed by atoms with Crippen LogP contribution in [0.5, 0.6) is 0 Å². The molecule has 18 heavy (non-hydrogen) atoms. The van der Waals surface area contributed by atoms with Crippen LogP contribution >= 0.6 is 0 Å². The van der Waals surface area contributed by atoms with E-state index in [0.29, 0.717) is 11.3 Å². The second-order valence-corrected chi connectivity index (χ2v) is 4.09. The van der Waals surface area contributed by atoms with E-state index in [9.17, 15) is 17.6 Å². The number of hydrogen-bond acceptors (Lipinski definition) is 1. The fourth-order valence-electron chi connectivity index (χ4n) is 1.34. The third-order valence-corrected chi connectivity index (χ3v) is 2.59. The summed E-state index contributed by atoms with van der Waals surface area (Å²) in [7, 11) is 1.43. The fraction of sp³-hybridized carbons (Fsp3) is 0.385. The van der Waals surface area contributed by atoms with Crippen LogP contribution in [0.15, 0.2) is 30.8 Å². The first-order chi connectivity index (χ1) is 8.17. The summed E-state index contributed by atoms with van der Waals surface area (Å²) in [5.74, 6) is -7.72. The molecule has 0 spiro atoms. The van der Waals surface area contributed by atoms with Gasteiger partial charge in [-0.2, -0.15) is 8.78 Å². The van der Waals surface area contributed by atoms with Gasteiger partial charge in [0.1, 0.15) is 5.76 Å². The van der Waals surface area contributed by atoms with E-state index in [1.54, 1.807) is 0 Å². The zero-order valence-electron chi connectivity index (χ0n) is 10.1. The molecule has 0 radical (unpaired) electrons. The van der Waals surface area contributed by atoms with Crippen molar-refractivity contribution in [2.45, 2.75) is 25.2 Å². The fourth-order valence-corrected chi connectivity index (χ4v) is 1.34. The van der Waals surface area contributed by atoms with Crippen LogP contribution in [0.2, 0.25) is 0 Å². The molecule has 0 aliphatic heterocycles. The van der Waals surface area contributed by atoms with Gasteiger partial charge in [-0.25, -0.2) is 8.78 Å². The van der Waals surface area contributed by atoms with Crippen LogP contribution in [0.4, 0.5) is 17.6 Å². The number of alkyl halides is 4. The highest BCUT2D eigenvalue weighted by Crippen LogP contribution is 2.36. The maximum atomic E-state index is 13.1. The molecule has 1 nitrogen and oxygen atoms in total. The summed E-state index contributed by atoms with van der Waals surface area (Å²) < 4.78 is 56.5. The summed E-state index contributed by atoms with van der Waals surface area (Å²) in [6, 6.07) is 5.73. The number of hydrogen-bond donors (Lipinski definition) is 0. The van der Waals surface area contributed by atoms with Crippen molar-refractivity contribution in [2.24, 2.45) is 0 Å². The van der Waals surface area contributed by atoms with E-state index in [4.69, 9.17) is 4.74 Å². The van der Waals surface area contributed by atoms with E-state index in [1.807, 2.05) is 0 Å². The van der Waals surface area contributed by atoms with Gasteiger partial charge in [0.25, 0.3) is 0 Å². The average Bonchev–Trinajstić information content (AvgIpc) is 2.27. The first kappa shape index (κ1) is 14.5. The zero-order valence-corrected chi connectivity index (χ0v) is 10.1. The number of halogens is 4. The van der Waals surface area contributed by atoms with E-state index in [1.165, 1.54) is 31.4 Å². The van der Waals surface area contributed by atoms with Gasteiger partial charge in [0.15, 0.2) is 0 Å². The summed E-state index contributed by atoms with van der Waals surface area (Å²) in [6.07, 6.45) is -1.00. The highest BCUT2D eigenvalue weighted by atomic mass is 19.3. The molecule has 100 valence electrons. The van der Waals surface area contributed by atoms with Crippen molar-refractivity contribution in [1.82, 2.24) is 0 Å². The van der Waals surface area contributed by atoms with Crippen molar-refractivity contribution >= 4 is 5.76 Å². The second kappa shape index (κ2) is 5.00. The Hall–Kier alpha value is -1.52. The van der Waals surface area contributed by atoms with Crippen molar-refractivity contribution in [2.75, 3.05) is 7.11 Å². The van der Waals surface area contributed by atoms with Crippen LogP contribution < -0.4 is 0 Å². The molecular weight excluding hydrogens is 248 g/mol. The molecule has 1 aromatic rings. The first-order valence-corrected chi connectivity index (χ1v) is 5.25. The molecule has 0 amide bonds. The van der Waals surface area contributed by atoms with Gasteiger partial charge in [-0.15, -0.1) is 0 Å². The lowest BCUT2D eigenvalue weighted by atomic mass is 10.0. The molecule has 0 aliphatic carbocycles. The lowest BCUT2D eigenvalue weighted by molar-refractivity contribution is -0.196. The summed E-state index contributed by atoms with van der Waals surface area (Å²) in [6.45, 7) is 3.81. The Labute approximate surface area is 103 Å². The monoisotopic (exact) mass is 262 g/mol. The Morgan fingerprint density at radius 3 is 2.06 bits per heavy atom. The molecule has 0 N–H and O–H groups in total. The Morgan fingerprint density at radius 2 is 1.67 bits per heavy atom. The van der Waals surface area contributed by atoms with Gasteiger partial charge < -0.3 is 4.74 Å². The third-order valence-electron chi connectivity index (χ3n) is 2.59. The number of ether oxygens (including phenoxy) is 1. The maximum absolute atomic E-state index is 13.1. The standard InChI is InChI=1S/C13H14F4O/c1-9(18-3)11-6-4-10(5-7-11)8-13(16,17)12(2,14)15/h4-7H,1,8H2,2-3H3. The Bertz CT molecular complexity index is 418. The van der Waals surface area contributed by atoms with Gasteiger partial charge >= 0.3 is 11.8 Å². The van der Waals surface area contributed by atoms with Crippen LogP contribution in [-0.2, 0) is 11.2 Å². The highest BCUT2D eigenvalue weighted by Gasteiger charge is 2.51. The largest absolute Gasteiger partial charge is 0.497 e. The van der Waals surface area contributed by atoms with Gasteiger partial charge in [-0.3, -0.25) is 0 Å². The first-order valence-electron chi connectivity index (χ1n) is 5.25. The molecule has 0 bridgehead atoms. The van der Waals surface area contributed by atoms with Crippen LogP contribution in [0, 0.1) is 0 Å². The predicted molar refractivity (Wildman–Crippen MR) is 61.8 cm³/mol. The topological polar surface area (TPSA) is 9.23 Å². The van der Waals surface area contributed by atoms with Gasteiger partial charge in [-0.05, 0) is 5.56 Å². The molecular formula is C13H14F4O. The molecule has 0 aromatic heterocycles. The summed E-state index contributed by atoms with van der Waals surface area (Å²) >= 11 is 0. The maximum Gasteiger partial charge on any atom is 0.313 e. The van der Waals surface area contributed by atoms with E-state index >= 15 is 0 Å². The molecule has 1 aromatic carbocycles. The minimum absolute atomic E-state index is 0.133. The number of rotatable bonds is 5. The van der Waals surface area contributed by atoms with Gasteiger partial charge in [0.05, 0.1) is 7.11 Å². The van der Waals surface area contributed by atoms with Crippen molar-refractivity contribution in [3.8, 4) is 0 Å². The Balaban J connectivity index is 2.85. The molecule has 0 fully saturated rings. The van der Waals surface area contributed by atoms with Crippen LogP contribution in [-0.4, -0.2) is 19.0 Å². The molecule has 0 unspecified atom stereocenters. The predicted octanol–water partition coefficient (Wildman–Crippen LogP) is 4.14. The molecule has 0 aliphatic rings. The van der Waals surface area contributed by atoms with Crippen LogP contribution in [0.1, 0.15) is 18.1 Å². The second-order valence-electron chi connectivity index (χ2n) is 4.09. The molecule has 0 saturated carbocycles. The van der Waals surface area contributed by atoms with Crippen molar-refractivity contribution < 1.29 is 22.3 Å². The van der Waals surface area contributed by atoms with E-state index in [-0.39, 0.29) is 12.5 Å². The molecule has 5 heteroatoms. The SMILES string of the molecule is C=C(OC)c1ccc(CC(F)(F)C(C)(F)F)cc1. The number of methoxy groups -OCH3 is 1.